The number of hydrogen-bond acceptors (Lipinski definition) is 2. The first kappa shape index (κ1) is 14.0. The van der Waals surface area contributed by atoms with Gasteiger partial charge in [0, 0.05) is 5.92 Å². The second-order valence-corrected chi connectivity index (χ2v) is 4.76. The number of benzene rings is 2. The van der Waals surface area contributed by atoms with E-state index in [2.05, 4.69) is 0 Å². The molecule has 2 aromatic rings. The van der Waals surface area contributed by atoms with Crippen molar-refractivity contribution in [2.45, 2.75) is 12.8 Å². The van der Waals surface area contributed by atoms with Crippen LogP contribution in [0.1, 0.15) is 12.0 Å². The lowest BCUT2D eigenvalue weighted by molar-refractivity contribution is -0.139. The Hall–Kier alpha value is -2.42. The summed E-state index contributed by atoms with van der Waals surface area (Å²) in [6.07, 6.45) is 1.06. The van der Waals surface area contributed by atoms with Gasteiger partial charge >= 0.3 is 5.97 Å². The van der Waals surface area contributed by atoms with Crippen LogP contribution in [0.5, 0.6) is 0 Å². The first-order valence-electron chi connectivity index (χ1n) is 6.50. The van der Waals surface area contributed by atoms with Crippen molar-refractivity contribution in [1.29, 1.82) is 0 Å². The summed E-state index contributed by atoms with van der Waals surface area (Å²) in [7, 11) is 0. The van der Waals surface area contributed by atoms with E-state index in [1.165, 1.54) is 0 Å². The van der Waals surface area contributed by atoms with Gasteiger partial charge in [-0.2, -0.15) is 0 Å². The molecule has 0 spiro atoms. The number of carbonyl (C=O) groups is 2. The SMILES string of the molecule is O=C[C@@H](CC(=O)O)Cc1ccc(-c2ccccc2)cc1. The molecule has 1 N–H and O–H groups in total. The van der Waals surface area contributed by atoms with E-state index >= 15 is 0 Å². The first-order valence-corrected chi connectivity index (χ1v) is 6.50. The normalized spacial score (nSPS) is 11.8. The Kier molecular flexibility index (Phi) is 4.66. The van der Waals surface area contributed by atoms with E-state index in [-0.39, 0.29) is 6.42 Å². The number of carboxylic acids is 1. The Morgan fingerprint density at radius 1 is 1.00 bits per heavy atom. The van der Waals surface area contributed by atoms with E-state index in [9.17, 15) is 9.59 Å². The van der Waals surface area contributed by atoms with Crippen LogP contribution in [0.15, 0.2) is 54.6 Å². The molecular weight excluding hydrogens is 252 g/mol. The molecule has 0 saturated carbocycles. The monoisotopic (exact) mass is 268 g/mol. The Morgan fingerprint density at radius 3 is 2.15 bits per heavy atom. The van der Waals surface area contributed by atoms with Crippen LogP contribution in [-0.2, 0) is 16.0 Å². The van der Waals surface area contributed by atoms with Crippen molar-refractivity contribution in [3.63, 3.8) is 0 Å². The molecule has 3 heteroatoms. The molecule has 0 aliphatic rings. The number of hydrogen-bond donors (Lipinski definition) is 1. The van der Waals surface area contributed by atoms with Gasteiger partial charge in [0.2, 0.25) is 0 Å². The summed E-state index contributed by atoms with van der Waals surface area (Å²) in [5, 5.41) is 8.73. The van der Waals surface area contributed by atoms with Gasteiger partial charge in [-0.1, -0.05) is 54.6 Å². The van der Waals surface area contributed by atoms with Crippen LogP contribution in [-0.4, -0.2) is 17.4 Å². The van der Waals surface area contributed by atoms with Crippen molar-refractivity contribution in [1.82, 2.24) is 0 Å². The highest BCUT2D eigenvalue weighted by atomic mass is 16.4. The average molecular weight is 268 g/mol. The smallest absolute Gasteiger partial charge is 0.304 e. The molecular formula is C17H16O3. The minimum atomic E-state index is -0.942. The van der Waals surface area contributed by atoms with Crippen LogP contribution in [0.25, 0.3) is 11.1 Å². The van der Waals surface area contributed by atoms with Gasteiger partial charge in [0.15, 0.2) is 0 Å². The van der Waals surface area contributed by atoms with E-state index in [1.807, 2.05) is 54.6 Å². The van der Waals surface area contributed by atoms with E-state index in [0.717, 1.165) is 23.0 Å². The lowest BCUT2D eigenvalue weighted by Crippen LogP contribution is -2.11. The largest absolute Gasteiger partial charge is 0.481 e. The molecule has 0 fully saturated rings. The number of rotatable bonds is 6. The predicted octanol–water partition coefficient (Wildman–Crippen LogP) is 3.19. The van der Waals surface area contributed by atoms with Gasteiger partial charge in [0.05, 0.1) is 6.42 Å². The zero-order chi connectivity index (χ0) is 14.4. The zero-order valence-corrected chi connectivity index (χ0v) is 11.0. The summed E-state index contributed by atoms with van der Waals surface area (Å²) in [5.41, 5.74) is 3.22. The van der Waals surface area contributed by atoms with E-state index in [1.54, 1.807) is 0 Å². The van der Waals surface area contributed by atoms with E-state index in [0.29, 0.717) is 6.42 Å². The Morgan fingerprint density at radius 2 is 1.60 bits per heavy atom. The van der Waals surface area contributed by atoms with E-state index < -0.39 is 11.9 Å². The summed E-state index contributed by atoms with van der Waals surface area (Å²) in [5.74, 6) is -1.40. The molecule has 1 atom stereocenters. The second-order valence-electron chi connectivity index (χ2n) is 4.76. The van der Waals surface area contributed by atoms with Gasteiger partial charge < -0.3 is 9.90 Å². The lowest BCUT2D eigenvalue weighted by atomic mass is 9.96. The molecule has 0 heterocycles. The summed E-state index contributed by atoms with van der Waals surface area (Å²) >= 11 is 0. The number of aldehydes is 1. The molecule has 0 aliphatic carbocycles. The van der Waals surface area contributed by atoms with Gasteiger partial charge in [-0.15, -0.1) is 0 Å². The topological polar surface area (TPSA) is 54.4 Å². The molecule has 0 aromatic heterocycles. The van der Waals surface area contributed by atoms with E-state index in [4.69, 9.17) is 5.11 Å². The van der Waals surface area contributed by atoms with Crippen molar-refractivity contribution >= 4 is 12.3 Å². The zero-order valence-electron chi connectivity index (χ0n) is 11.0. The molecule has 2 aromatic carbocycles. The standard InChI is InChI=1S/C17H16O3/c18-12-14(11-17(19)20)10-13-6-8-16(9-7-13)15-4-2-1-3-5-15/h1-9,12,14H,10-11H2,(H,19,20)/t14-/m1/s1. The fraction of sp³-hybridized carbons (Fsp3) is 0.176. The van der Waals surface area contributed by atoms with Crippen LogP contribution >= 0.6 is 0 Å². The molecule has 0 bridgehead atoms. The van der Waals surface area contributed by atoms with Crippen LogP contribution < -0.4 is 0 Å². The molecule has 102 valence electrons. The Bertz CT molecular complexity index is 573. The second kappa shape index (κ2) is 6.66. The quantitative estimate of drug-likeness (QED) is 0.819. The maximum atomic E-state index is 10.9. The van der Waals surface area contributed by atoms with Gasteiger partial charge in [-0.3, -0.25) is 4.79 Å². The molecule has 3 nitrogen and oxygen atoms in total. The molecule has 0 radical (unpaired) electrons. The van der Waals surface area contributed by atoms with Crippen LogP contribution in [0.2, 0.25) is 0 Å². The molecule has 0 aliphatic heterocycles. The molecule has 20 heavy (non-hydrogen) atoms. The minimum Gasteiger partial charge on any atom is -0.481 e. The highest BCUT2D eigenvalue weighted by molar-refractivity contribution is 5.72. The Labute approximate surface area is 117 Å². The number of carbonyl (C=O) groups excluding carboxylic acids is 1. The average Bonchev–Trinajstić information content (AvgIpc) is 2.48. The molecule has 0 amide bonds. The fourth-order valence-corrected chi connectivity index (χ4v) is 2.16. The van der Waals surface area contributed by atoms with Crippen molar-refractivity contribution < 1.29 is 14.7 Å². The third-order valence-corrected chi connectivity index (χ3v) is 3.19. The molecule has 0 unspecified atom stereocenters. The fourth-order valence-electron chi connectivity index (χ4n) is 2.16. The van der Waals surface area contributed by atoms with Gasteiger partial charge in [0.25, 0.3) is 0 Å². The number of aliphatic carboxylic acids is 1. The molecule has 2 rings (SSSR count). The molecule has 0 saturated heterocycles. The third kappa shape index (κ3) is 3.79. The summed E-state index contributed by atoms with van der Waals surface area (Å²) in [6, 6.07) is 17.9. The lowest BCUT2D eigenvalue weighted by Gasteiger charge is -2.08. The maximum Gasteiger partial charge on any atom is 0.304 e. The van der Waals surface area contributed by atoms with Crippen molar-refractivity contribution in [2.75, 3.05) is 0 Å². The summed E-state index contributed by atoms with van der Waals surface area (Å²) in [6.45, 7) is 0. The number of carboxylic acid groups (broad SMARTS) is 1. The van der Waals surface area contributed by atoms with Gasteiger partial charge in [-0.05, 0) is 23.1 Å². The predicted molar refractivity (Wildman–Crippen MR) is 77.4 cm³/mol. The Balaban J connectivity index is 2.08. The highest BCUT2D eigenvalue weighted by Crippen LogP contribution is 2.20. The highest BCUT2D eigenvalue weighted by Gasteiger charge is 2.12. The van der Waals surface area contributed by atoms with Crippen LogP contribution in [0.3, 0.4) is 0 Å². The minimum absolute atomic E-state index is 0.121. The summed E-state index contributed by atoms with van der Waals surface area (Å²) < 4.78 is 0. The van der Waals surface area contributed by atoms with Crippen molar-refractivity contribution in [2.24, 2.45) is 5.92 Å². The van der Waals surface area contributed by atoms with Crippen LogP contribution in [0.4, 0.5) is 0 Å². The van der Waals surface area contributed by atoms with Crippen molar-refractivity contribution in [3.05, 3.63) is 60.2 Å². The van der Waals surface area contributed by atoms with Gasteiger partial charge in [0.1, 0.15) is 6.29 Å². The van der Waals surface area contributed by atoms with Crippen LogP contribution in [0, 0.1) is 5.92 Å². The first-order chi connectivity index (χ1) is 9.69. The van der Waals surface area contributed by atoms with Gasteiger partial charge in [-0.25, -0.2) is 0 Å². The van der Waals surface area contributed by atoms with Crippen molar-refractivity contribution in [3.8, 4) is 11.1 Å². The maximum absolute atomic E-state index is 10.9. The summed E-state index contributed by atoms with van der Waals surface area (Å²) in [4.78, 5) is 21.5. The third-order valence-electron chi connectivity index (χ3n) is 3.19.